The van der Waals surface area contributed by atoms with Gasteiger partial charge in [0, 0.05) is 23.7 Å². The third-order valence-electron chi connectivity index (χ3n) is 4.28. The average Bonchev–Trinajstić information content (AvgIpc) is 2.85. The summed E-state index contributed by atoms with van der Waals surface area (Å²) in [4.78, 5) is 5.55. The molecule has 1 saturated carbocycles. The first kappa shape index (κ1) is 15.8. The van der Waals surface area contributed by atoms with Crippen molar-refractivity contribution in [2.75, 3.05) is 0 Å². The van der Waals surface area contributed by atoms with Gasteiger partial charge in [-0.3, -0.25) is 0 Å². The van der Waals surface area contributed by atoms with E-state index in [-0.39, 0.29) is 5.02 Å². The molecule has 0 amide bonds. The number of benzene rings is 1. The molecule has 0 saturated heterocycles. The minimum absolute atomic E-state index is 0.136. The molecule has 3 rings (SSSR count). The van der Waals surface area contributed by atoms with Crippen LogP contribution in [0.15, 0.2) is 28.6 Å². The van der Waals surface area contributed by atoms with Gasteiger partial charge in [0.05, 0.1) is 10.7 Å². The first-order chi connectivity index (χ1) is 10.6. The second kappa shape index (κ2) is 6.97. The van der Waals surface area contributed by atoms with Crippen LogP contribution in [0.2, 0.25) is 5.02 Å². The maximum absolute atomic E-state index is 13.6. The van der Waals surface area contributed by atoms with Crippen LogP contribution in [0.25, 0.3) is 0 Å². The zero-order valence-corrected chi connectivity index (χ0v) is 14.3. The predicted molar refractivity (Wildman–Crippen MR) is 90.3 cm³/mol. The molecule has 1 aromatic carbocycles. The maximum atomic E-state index is 13.6. The van der Waals surface area contributed by atoms with Gasteiger partial charge in [0.15, 0.2) is 4.80 Å². The molecule has 1 aliphatic rings. The minimum Gasteiger partial charge on any atom is -0.321 e. The molecule has 1 aliphatic carbocycles. The largest absolute Gasteiger partial charge is 0.321 e. The molecule has 0 atom stereocenters. The molecule has 5 heteroatoms. The topological polar surface area (TPSA) is 17.3 Å². The highest BCUT2D eigenvalue weighted by Gasteiger charge is 2.15. The highest BCUT2D eigenvalue weighted by Crippen LogP contribution is 2.25. The lowest BCUT2D eigenvalue weighted by atomic mass is 9.89. The summed E-state index contributed by atoms with van der Waals surface area (Å²) in [5.41, 5.74) is 1.84. The van der Waals surface area contributed by atoms with Gasteiger partial charge < -0.3 is 4.57 Å². The summed E-state index contributed by atoms with van der Waals surface area (Å²) in [7, 11) is 0. The van der Waals surface area contributed by atoms with Gasteiger partial charge in [0.2, 0.25) is 0 Å². The van der Waals surface area contributed by atoms with Crippen LogP contribution in [0.1, 0.15) is 37.8 Å². The molecule has 0 radical (unpaired) electrons. The van der Waals surface area contributed by atoms with Crippen molar-refractivity contribution in [3.05, 3.63) is 44.9 Å². The zero-order chi connectivity index (χ0) is 15.5. The van der Waals surface area contributed by atoms with Crippen molar-refractivity contribution >= 4 is 28.6 Å². The van der Waals surface area contributed by atoms with E-state index in [4.69, 9.17) is 11.6 Å². The summed E-state index contributed by atoms with van der Waals surface area (Å²) < 4.78 is 15.8. The molecule has 0 N–H and O–H groups in total. The lowest BCUT2D eigenvalue weighted by Gasteiger charge is -2.22. The quantitative estimate of drug-likeness (QED) is 0.706. The number of thiazole rings is 1. The lowest BCUT2D eigenvalue weighted by molar-refractivity contribution is 0.315. The molecule has 22 heavy (non-hydrogen) atoms. The number of hydrogen-bond donors (Lipinski definition) is 0. The second-order valence-electron chi connectivity index (χ2n) is 5.98. The number of aryl methyl sites for hydroxylation is 1. The summed E-state index contributed by atoms with van der Waals surface area (Å²) in [5, 5.41) is 2.25. The normalized spacial score (nSPS) is 17.1. The average molecular weight is 339 g/mol. The van der Waals surface area contributed by atoms with Crippen molar-refractivity contribution in [1.82, 2.24) is 4.57 Å². The molecule has 1 aromatic heterocycles. The third-order valence-corrected chi connectivity index (χ3v) is 5.57. The first-order valence-corrected chi connectivity index (χ1v) is 9.04. The molecule has 1 fully saturated rings. The lowest BCUT2D eigenvalue weighted by Crippen LogP contribution is -2.22. The summed E-state index contributed by atoms with van der Waals surface area (Å²) in [6.45, 7) is 3.13. The highest BCUT2D eigenvalue weighted by atomic mass is 35.5. The summed E-state index contributed by atoms with van der Waals surface area (Å²) in [6.07, 6.45) is 6.65. The van der Waals surface area contributed by atoms with Gasteiger partial charge >= 0.3 is 0 Å². The van der Waals surface area contributed by atoms with Crippen LogP contribution in [0, 0.1) is 18.7 Å². The van der Waals surface area contributed by atoms with Crippen molar-refractivity contribution in [3.8, 4) is 0 Å². The molecule has 2 nitrogen and oxygen atoms in total. The molecule has 0 bridgehead atoms. The first-order valence-electron chi connectivity index (χ1n) is 7.78. The third kappa shape index (κ3) is 3.61. The molecule has 1 heterocycles. The standard InChI is InChI=1S/C17H20ClFN2S/c1-12-11-22-17(20-14-7-8-15(18)16(19)9-14)21(12)10-13-5-3-2-4-6-13/h7-9,11,13H,2-6,10H2,1H3. The van der Waals surface area contributed by atoms with Crippen LogP contribution in [0.3, 0.4) is 0 Å². The number of nitrogens with zero attached hydrogens (tertiary/aromatic N) is 2. The Morgan fingerprint density at radius 1 is 1.32 bits per heavy atom. The summed E-state index contributed by atoms with van der Waals surface area (Å²) in [5.74, 6) is 0.318. The molecular formula is C17H20ClFN2S. The van der Waals surface area contributed by atoms with Crippen LogP contribution in [0.4, 0.5) is 10.1 Å². The van der Waals surface area contributed by atoms with Crippen molar-refractivity contribution in [2.45, 2.75) is 45.6 Å². The van der Waals surface area contributed by atoms with Crippen molar-refractivity contribution in [3.63, 3.8) is 0 Å². The van der Waals surface area contributed by atoms with E-state index in [0.717, 1.165) is 17.3 Å². The number of aromatic nitrogens is 1. The Kier molecular flexibility index (Phi) is 4.99. The van der Waals surface area contributed by atoms with Crippen LogP contribution >= 0.6 is 22.9 Å². The van der Waals surface area contributed by atoms with Crippen molar-refractivity contribution < 1.29 is 4.39 Å². The van der Waals surface area contributed by atoms with E-state index in [1.165, 1.54) is 43.9 Å². The SMILES string of the molecule is Cc1csc(=Nc2ccc(Cl)c(F)c2)n1CC1CCCCC1. The Bertz CT molecular complexity index is 714. The van der Waals surface area contributed by atoms with Gasteiger partial charge in [-0.25, -0.2) is 9.38 Å². The zero-order valence-electron chi connectivity index (χ0n) is 12.7. The van der Waals surface area contributed by atoms with Gasteiger partial charge in [-0.2, -0.15) is 0 Å². The maximum Gasteiger partial charge on any atom is 0.190 e. The fraction of sp³-hybridized carbons (Fsp3) is 0.471. The Morgan fingerprint density at radius 2 is 2.09 bits per heavy atom. The highest BCUT2D eigenvalue weighted by molar-refractivity contribution is 7.07. The van der Waals surface area contributed by atoms with Gasteiger partial charge in [0.1, 0.15) is 5.82 Å². The van der Waals surface area contributed by atoms with Gasteiger partial charge in [0.25, 0.3) is 0 Å². The van der Waals surface area contributed by atoms with E-state index in [9.17, 15) is 4.39 Å². The van der Waals surface area contributed by atoms with Crippen LogP contribution < -0.4 is 4.80 Å². The van der Waals surface area contributed by atoms with Crippen LogP contribution in [-0.4, -0.2) is 4.57 Å². The Labute approximate surface area is 139 Å². The molecule has 118 valence electrons. The van der Waals surface area contributed by atoms with E-state index in [1.54, 1.807) is 23.5 Å². The molecule has 0 unspecified atom stereocenters. The Balaban J connectivity index is 1.90. The second-order valence-corrected chi connectivity index (χ2v) is 7.23. The van der Waals surface area contributed by atoms with E-state index >= 15 is 0 Å². The summed E-state index contributed by atoms with van der Waals surface area (Å²) >= 11 is 7.34. The van der Waals surface area contributed by atoms with E-state index in [2.05, 4.69) is 21.9 Å². The molecular weight excluding hydrogens is 319 g/mol. The van der Waals surface area contributed by atoms with E-state index in [0.29, 0.717) is 5.69 Å². The Hall–Kier alpha value is -1.13. The van der Waals surface area contributed by atoms with E-state index < -0.39 is 5.82 Å². The molecule has 0 aliphatic heterocycles. The smallest absolute Gasteiger partial charge is 0.190 e. The monoisotopic (exact) mass is 338 g/mol. The fourth-order valence-electron chi connectivity index (χ4n) is 3.02. The van der Waals surface area contributed by atoms with Crippen molar-refractivity contribution in [2.24, 2.45) is 10.9 Å². The Morgan fingerprint density at radius 3 is 2.82 bits per heavy atom. The van der Waals surface area contributed by atoms with Gasteiger partial charge in [-0.1, -0.05) is 30.9 Å². The van der Waals surface area contributed by atoms with Gasteiger partial charge in [-0.05, 0) is 37.8 Å². The predicted octanol–water partition coefficient (Wildman–Crippen LogP) is 5.46. The molecule has 0 spiro atoms. The van der Waals surface area contributed by atoms with Gasteiger partial charge in [-0.15, -0.1) is 11.3 Å². The summed E-state index contributed by atoms with van der Waals surface area (Å²) in [6, 6.07) is 4.70. The number of halogens is 2. The van der Waals surface area contributed by atoms with Crippen molar-refractivity contribution in [1.29, 1.82) is 0 Å². The van der Waals surface area contributed by atoms with Crippen LogP contribution in [0.5, 0.6) is 0 Å². The number of hydrogen-bond acceptors (Lipinski definition) is 2. The fourth-order valence-corrected chi connectivity index (χ4v) is 4.04. The number of rotatable bonds is 3. The molecule has 2 aromatic rings. The minimum atomic E-state index is -0.421. The van der Waals surface area contributed by atoms with E-state index in [1.807, 2.05) is 0 Å². The van der Waals surface area contributed by atoms with Crippen LogP contribution in [-0.2, 0) is 6.54 Å².